The van der Waals surface area contributed by atoms with E-state index in [9.17, 15) is 10.2 Å². The highest BCUT2D eigenvalue weighted by Gasteiger charge is 2.07. The maximum atomic E-state index is 10.1. The topological polar surface area (TPSA) is 91.2 Å². The monoisotopic (exact) mass is 331 g/mol. The van der Waals surface area contributed by atoms with E-state index in [1.165, 1.54) is 6.07 Å². The molecule has 0 heterocycles. The molecule has 0 aliphatic heterocycles. The number of para-hydroxylation sites is 2. The summed E-state index contributed by atoms with van der Waals surface area (Å²) in [5, 5.41) is 36.2. The Morgan fingerprint density at radius 2 is 1.74 bits per heavy atom. The van der Waals surface area contributed by atoms with Crippen LogP contribution in [0.1, 0.15) is 0 Å². The zero-order chi connectivity index (χ0) is 16.2. The van der Waals surface area contributed by atoms with Crippen LogP contribution in [0.4, 0.5) is 11.4 Å². The predicted molar refractivity (Wildman–Crippen MR) is 87.7 cm³/mol. The van der Waals surface area contributed by atoms with Crippen LogP contribution in [0.2, 0.25) is 0 Å². The van der Waals surface area contributed by atoms with E-state index in [-0.39, 0.29) is 11.5 Å². The molecular weight excluding hydrogens is 318 g/mol. The number of fused-ring (bicyclic) bond motifs is 1. The summed E-state index contributed by atoms with van der Waals surface area (Å²) in [6.07, 6.45) is 0. The summed E-state index contributed by atoms with van der Waals surface area (Å²) >= 11 is 0.777. The fourth-order valence-electron chi connectivity index (χ4n) is 2.23. The first-order valence-electron chi connectivity index (χ1n) is 6.64. The van der Waals surface area contributed by atoms with Gasteiger partial charge in [0.25, 0.3) is 0 Å². The third-order valence-electron chi connectivity index (χ3n) is 3.25. The molecule has 0 radical (unpaired) electrons. The van der Waals surface area contributed by atoms with E-state index in [0.29, 0.717) is 16.0 Å². The largest absolute Gasteiger partial charge is 0.507 e. The molecule has 7 heteroatoms. The van der Waals surface area contributed by atoms with Gasteiger partial charge in [-0.25, -0.2) is 5.26 Å². The highest BCUT2D eigenvalue weighted by Crippen LogP contribution is 2.34. The molecule has 4 N–H and O–H groups in total. The van der Waals surface area contributed by atoms with Gasteiger partial charge in [-0.2, -0.15) is 0 Å². The maximum absolute atomic E-state index is 10.1. The Balaban J connectivity index is 1.93. The van der Waals surface area contributed by atoms with Crippen LogP contribution < -0.4 is 5.32 Å². The Morgan fingerprint density at radius 1 is 0.913 bits per heavy atom. The molecule has 118 valence electrons. The fraction of sp³-hybridized carbons (Fsp3) is 0. The summed E-state index contributed by atoms with van der Waals surface area (Å²) in [7, 11) is 0. The van der Waals surface area contributed by atoms with Crippen LogP contribution in [0.15, 0.2) is 59.5 Å². The molecule has 0 fully saturated rings. The second-order valence-electron chi connectivity index (χ2n) is 4.75. The minimum atomic E-state index is 0.0625. The molecular formula is C16H13NO5S. The van der Waals surface area contributed by atoms with Gasteiger partial charge in [-0.3, -0.25) is 0 Å². The Bertz CT molecular complexity index is 840. The summed E-state index contributed by atoms with van der Waals surface area (Å²) in [5.74, 6) is 0.206. The summed E-state index contributed by atoms with van der Waals surface area (Å²) in [6.45, 7) is 0. The third-order valence-corrected chi connectivity index (χ3v) is 3.81. The summed E-state index contributed by atoms with van der Waals surface area (Å²) < 4.78 is 4.36. The van der Waals surface area contributed by atoms with E-state index in [0.717, 1.165) is 23.1 Å². The van der Waals surface area contributed by atoms with E-state index in [4.69, 9.17) is 5.26 Å². The molecule has 0 bridgehead atoms. The number of rotatable bonds is 5. The molecule has 6 nitrogen and oxygen atoms in total. The van der Waals surface area contributed by atoms with Crippen LogP contribution in [0.3, 0.4) is 0 Å². The van der Waals surface area contributed by atoms with E-state index in [1.807, 2.05) is 18.2 Å². The zero-order valence-corrected chi connectivity index (χ0v) is 12.6. The standard InChI is InChI=1S/C16H13NO5S/c18-15-4-2-1-3-14(15)17-11-6-5-10-7-12(23-22-21-20)9-16(19)13(10)8-11/h1-9,17-20H. The number of phenols is 2. The van der Waals surface area contributed by atoms with Crippen LogP contribution in [0, 0.1) is 0 Å². The van der Waals surface area contributed by atoms with Crippen molar-refractivity contribution >= 4 is 34.2 Å². The van der Waals surface area contributed by atoms with Gasteiger partial charge >= 0.3 is 0 Å². The van der Waals surface area contributed by atoms with Gasteiger partial charge in [-0.1, -0.05) is 23.2 Å². The van der Waals surface area contributed by atoms with E-state index in [1.54, 1.807) is 30.3 Å². The van der Waals surface area contributed by atoms with Gasteiger partial charge in [0.15, 0.2) is 0 Å². The molecule has 0 unspecified atom stereocenters. The maximum Gasteiger partial charge on any atom is 0.139 e. The molecule has 0 aliphatic carbocycles. The van der Waals surface area contributed by atoms with Gasteiger partial charge in [0.05, 0.1) is 17.7 Å². The SMILES string of the molecule is OOOSc1cc(O)c2cc(Nc3ccccc3O)ccc2c1. The van der Waals surface area contributed by atoms with Crippen molar-refractivity contribution in [3.05, 3.63) is 54.6 Å². The first-order valence-corrected chi connectivity index (χ1v) is 7.38. The number of aromatic hydroxyl groups is 2. The van der Waals surface area contributed by atoms with Crippen LogP contribution in [-0.2, 0) is 9.37 Å². The molecule has 0 amide bonds. The second kappa shape index (κ2) is 6.76. The van der Waals surface area contributed by atoms with Crippen molar-refractivity contribution in [2.45, 2.75) is 4.90 Å². The summed E-state index contributed by atoms with van der Waals surface area (Å²) in [4.78, 5) is 0.575. The lowest BCUT2D eigenvalue weighted by molar-refractivity contribution is -0.432. The van der Waals surface area contributed by atoms with Gasteiger partial charge in [-0.15, -0.1) is 4.33 Å². The molecule has 0 saturated heterocycles. The summed E-state index contributed by atoms with van der Waals surface area (Å²) in [6, 6.07) is 15.6. The van der Waals surface area contributed by atoms with Crippen molar-refractivity contribution in [3.8, 4) is 11.5 Å². The number of nitrogens with one attached hydrogen (secondary N) is 1. The molecule has 3 aromatic carbocycles. The summed E-state index contributed by atoms with van der Waals surface area (Å²) in [5.41, 5.74) is 1.30. The Hall–Kier alpha value is -2.45. The predicted octanol–water partition coefficient (Wildman–Crippen LogP) is 4.42. The number of anilines is 2. The minimum Gasteiger partial charge on any atom is -0.507 e. The molecule has 23 heavy (non-hydrogen) atoms. The van der Waals surface area contributed by atoms with Crippen LogP contribution in [-0.4, -0.2) is 15.5 Å². The molecule has 3 rings (SSSR count). The molecule has 0 atom stereocenters. The van der Waals surface area contributed by atoms with Crippen molar-refractivity contribution < 1.29 is 24.8 Å². The number of phenolic OH excluding ortho intramolecular Hbond substituents is 2. The molecule has 0 spiro atoms. The number of benzene rings is 3. The van der Waals surface area contributed by atoms with Crippen molar-refractivity contribution in [2.24, 2.45) is 0 Å². The van der Waals surface area contributed by atoms with E-state index >= 15 is 0 Å². The second-order valence-corrected chi connectivity index (χ2v) is 5.52. The minimum absolute atomic E-state index is 0.0625. The number of hydrogen-bond donors (Lipinski definition) is 4. The van der Waals surface area contributed by atoms with Crippen LogP contribution in [0.5, 0.6) is 11.5 Å². The molecule has 0 aromatic heterocycles. The average molecular weight is 331 g/mol. The lowest BCUT2D eigenvalue weighted by Crippen LogP contribution is -1.90. The highest BCUT2D eigenvalue weighted by atomic mass is 32.2. The quantitative estimate of drug-likeness (QED) is 0.238. The molecule has 0 saturated carbocycles. The van der Waals surface area contributed by atoms with Crippen molar-refractivity contribution in [2.75, 3.05) is 5.32 Å². The van der Waals surface area contributed by atoms with Crippen LogP contribution >= 0.6 is 12.0 Å². The first kappa shape index (κ1) is 15.4. The van der Waals surface area contributed by atoms with Crippen molar-refractivity contribution in [1.82, 2.24) is 0 Å². The number of hydrogen-bond acceptors (Lipinski definition) is 7. The van der Waals surface area contributed by atoms with Gasteiger partial charge in [0.1, 0.15) is 11.5 Å². The van der Waals surface area contributed by atoms with Crippen LogP contribution in [0.25, 0.3) is 10.8 Å². The zero-order valence-electron chi connectivity index (χ0n) is 11.8. The highest BCUT2D eigenvalue weighted by molar-refractivity contribution is 7.94. The fourth-order valence-corrected chi connectivity index (χ4v) is 2.67. The van der Waals surface area contributed by atoms with Gasteiger partial charge in [-0.05, 0) is 41.8 Å². The first-order chi connectivity index (χ1) is 11.2. The Morgan fingerprint density at radius 3 is 2.52 bits per heavy atom. The smallest absolute Gasteiger partial charge is 0.139 e. The van der Waals surface area contributed by atoms with Crippen molar-refractivity contribution in [1.29, 1.82) is 0 Å². The van der Waals surface area contributed by atoms with E-state index < -0.39 is 0 Å². The molecule has 3 aromatic rings. The third kappa shape index (κ3) is 3.49. The van der Waals surface area contributed by atoms with Gasteiger partial charge in [0.2, 0.25) is 0 Å². The Kier molecular flexibility index (Phi) is 4.54. The average Bonchev–Trinajstić information content (AvgIpc) is 2.55. The van der Waals surface area contributed by atoms with Gasteiger partial charge in [0, 0.05) is 16.0 Å². The molecule has 0 aliphatic rings. The lowest BCUT2D eigenvalue weighted by Gasteiger charge is -2.10. The van der Waals surface area contributed by atoms with E-state index in [2.05, 4.69) is 14.7 Å². The normalized spacial score (nSPS) is 10.8. The van der Waals surface area contributed by atoms with Gasteiger partial charge < -0.3 is 15.5 Å². The lowest BCUT2D eigenvalue weighted by atomic mass is 10.1. The Labute approximate surface area is 136 Å². The van der Waals surface area contributed by atoms with Crippen molar-refractivity contribution in [3.63, 3.8) is 0 Å².